The Balaban J connectivity index is 1.63. The first-order chi connectivity index (χ1) is 11.5. The third-order valence-electron chi connectivity index (χ3n) is 4.24. The fourth-order valence-corrected chi connectivity index (χ4v) is 4.20. The van der Waals surface area contributed by atoms with Gasteiger partial charge in [-0.15, -0.1) is 0 Å². The van der Waals surface area contributed by atoms with Crippen molar-refractivity contribution in [3.63, 3.8) is 0 Å². The van der Waals surface area contributed by atoms with Crippen molar-refractivity contribution in [1.29, 1.82) is 0 Å². The van der Waals surface area contributed by atoms with Gasteiger partial charge in [0, 0.05) is 24.5 Å². The van der Waals surface area contributed by atoms with Gasteiger partial charge in [0.1, 0.15) is 0 Å². The van der Waals surface area contributed by atoms with Crippen molar-refractivity contribution in [2.45, 2.75) is 24.3 Å². The smallest absolute Gasteiger partial charge is 0.223 e. The standard InChI is InChI=1S/C18H18ClNO3S/c19-16-5-7-17(8-6-16)24(22,23)12-10-18(21)20-11-9-14-3-1-2-4-15(14)13-20/h1-8H,9-13H2. The third kappa shape index (κ3) is 3.79. The summed E-state index contributed by atoms with van der Waals surface area (Å²) in [5.41, 5.74) is 2.40. The predicted molar refractivity (Wildman–Crippen MR) is 93.7 cm³/mol. The molecule has 1 amide bonds. The van der Waals surface area contributed by atoms with Gasteiger partial charge in [0.2, 0.25) is 5.91 Å². The first-order valence-electron chi connectivity index (χ1n) is 7.78. The molecular formula is C18H18ClNO3S. The van der Waals surface area contributed by atoms with E-state index in [0.717, 1.165) is 12.0 Å². The van der Waals surface area contributed by atoms with Gasteiger partial charge in [0.15, 0.2) is 9.84 Å². The minimum absolute atomic E-state index is 0.00682. The number of rotatable bonds is 4. The Morgan fingerprint density at radius 2 is 1.71 bits per heavy atom. The van der Waals surface area contributed by atoms with E-state index < -0.39 is 9.84 Å². The molecule has 0 radical (unpaired) electrons. The second kappa shape index (κ2) is 6.95. The predicted octanol–water partition coefficient (Wildman–Crippen LogP) is 3.09. The van der Waals surface area contributed by atoms with Crippen molar-refractivity contribution >= 4 is 27.3 Å². The van der Waals surface area contributed by atoms with Crippen LogP contribution < -0.4 is 0 Å². The van der Waals surface area contributed by atoms with Crippen LogP contribution in [-0.4, -0.2) is 31.5 Å². The number of fused-ring (bicyclic) bond motifs is 1. The van der Waals surface area contributed by atoms with E-state index in [-0.39, 0.29) is 23.0 Å². The molecule has 3 rings (SSSR count). The Kier molecular flexibility index (Phi) is 4.92. The number of hydrogen-bond donors (Lipinski definition) is 0. The Morgan fingerprint density at radius 1 is 1.04 bits per heavy atom. The first kappa shape index (κ1) is 17.0. The molecule has 126 valence electrons. The van der Waals surface area contributed by atoms with Gasteiger partial charge in [-0.2, -0.15) is 0 Å². The molecular weight excluding hydrogens is 346 g/mol. The Hall–Kier alpha value is -1.85. The van der Waals surface area contributed by atoms with E-state index in [0.29, 0.717) is 18.1 Å². The van der Waals surface area contributed by atoms with Crippen LogP contribution in [0.4, 0.5) is 0 Å². The van der Waals surface area contributed by atoms with E-state index in [1.54, 1.807) is 4.90 Å². The molecule has 0 spiro atoms. The van der Waals surface area contributed by atoms with Gasteiger partial charge in [-0.05, 0) is 41.8 Å². The molecule has 0 saturated carbocycles. The van der Waals surface area contributed by atoms with E-state index in [9.17, 15) is 13.2 Å². The van der Waals surface area contributed by atoms with Gasteiger partial charge < -0.3 is 4.90 Å². The van der Waals surface area contributed by atoms with Crippen LogP contribution in [-0.2, 0) is 27.6 Å². The highest BCUT2D eigenvalue weighted by Gasteiger charge is 2.23. The maximum absolute atomic E-state index is 12.4. The fourth-order valence-electron chi connectivity index (χ4n) is 2.85. The molecule has 0 aromatic heterocycles. The van der Waals surface area contributed by atoms with Crippen LogP contribution in [0.5, 0.6) is 0 Å². The Bertz CT molecular complexity index is 847. The average Bonchev–Trinajstić information content (AvgIpc) is 2.59. The molecule has 2 aromatic rings. The maximum atomic E-state index is 12.4. The normalized spacial score (nSPS) is 14.3. The largest absolute Gasteiger partial charge is 0.338 e. The van der Waals surface area contributed by atoms with E-state index in [1.807, 2.05) is 18.2 Å². The maximum Gasteiger partial charge on any atom is 0.223 e. The van der Waals surface area contributed by atoms with Crippen LogP contribution in [0, 0.1) is 0 Å². The lowest BCUT2D eigenvalue weighted by Crippen LogP contribution is -2.36. The zero-order chi connectivity index (χ0) is 17.2. The van der Waals surface area contributed by atoms with Crippen molar-refractivity contribution in [3.05, 3.63) is 64.7 Å². The quantitative estimate of drug-likeness (QED) is 0.838. The second-order valence-corrected chi connectivity index (χ2v) is 8.40. The lowest BCUT2D eigenvalue weighted by Gasteiger charge is -2.28. The zero-order valence-corrected chi connectivity index (χ0v) is 14.7. The lowest BCUT2D eigenvalue weighted by atomic mass is 10.00. The highest BCUT2D eigenvalue weighted by Crippen LogP contribution is 2.20. The molecule has 0 bridgehead atoms. The number of hydrogen-bond acceptors (Lipinski definition) is 3. The number of nitrogens with zero attached hydrogens (tertiary/aromatic N) is 1. The van der Waals surface area contributed by atoms with Crippen LogP contribution in [0.2, 0.25) is 5.02 Å². The van der Waals surface area contributed by atoms with Crippen molar-refractivity contribution < 1.29 is 13.2 Å². The van der Waals surface area contributed by atoms with E-state index >= 15 is 0 Å². The molecule has 1 heterocycles. The van der Waals surface area contributed by atoms with Gasteiger partial charge in [-0.25, -0.2) is 8.42 Å². The van der Waals surface area contributed by atoms with Gasteiger partial charge in [-0.1, -0.05) is 35.9 Å². The Labute approximate surface area is 147 Å². The first-order valence-corrected chi connectivity index (χ1v) is 9.81. The van der Waals surface area contributed by atoms with Crippen LogP contribution in [0.15, 0.2) is 53.4 Å². The van der Waals surface area contributed by atoms with E-state index in [4.69, 9.17) is 11.6 Å². The summed E-state index contributed by atoms with van der Waals surface area (Å²) in [4.78, 5) is 14.3. The molecule has 24 heavy (non-hydrogen) atoms. The monoisotopic (exact) mass is 363 g/mol. The lowest BCUT2D eigenvalue weighted by molar-refractivity contribution is -0.131. The van der Waals surface area contributed by atoms with Crippen molar-refractivity contribution in [3.8, 4) is 0 Å². The average molecular weight is 364 g/mol. The summed E-state index contributed by atoms with van der Waals surface area (Å²) < 4.78 is 24.6. The number of halogens is 1. The molecule has 0 unspecified atom stereocenters. The van der Waals surface area contributed by atoms with Crippen LogP contribution in [0.1, 0.15) is 17.5 Å². The fraction of sp³-hybridized carbons (Fsp3) is 0.278. The summed E-state index contributed by atoms with van der Waals surface area (Å²) >= 11 is 5.78. The highest BCUT2D eigenvalue weighted by molar-refractivity contribution is 7.91. The molecule has 0 N–H and O–H groups in total. The van der Waals surface area contributed by atoms with E-state index in [2.05, 4.69) is 6.07 Å². The molecule has 4 nitrogen and oxygen atoms in total. The number of carbonyl (C=O) groups excluding carboxylic acids is 1. The minimum Gasteiger partial charge on any atom is -0.338 e. The van der Waals surface area contributed by atoms with Crippen molar-refractivity contribution in [1.82, 2.24) is 4.90 Å². The Morgan fingerprint density at radius 3 is 2.42 bits per heavy atom. The van der Waals surface area contributed by atoms with Crippen molar-refractivity contribution in [2.75, 3.05) is 12.3 Å². The van der Waals surface area contributed by atoms with Gasteiger partial charge in [-0.3, -0.25) is 4.79 Å². The van der Waals surface area contributed by atoms with Gasteiger partial charge in [0.25, 0.3) is 0 Å². The molecule has 0 atom stereocenters. The topological polar surface area (TPSA) is 54.5 Å². The summed E-state index contributed by atoms with van der Waals surface area (Å²) in [6.45, 7) is 1.19. The summed E-state index contributed by atoms with van der Waals surface area (Å²) in [5.74, 6) is -0.312. The third-order valence-corrected chi connectivity index (χ3v) is 6.22. The molecule has 1 aliphatic rings. The second-order valence-electron chi connectivity index (χ2n) is 5.86. The summed E-state index contributed by atoms with van der Waals surface area (Å²) in [6.07, 6.45) is 0.805. The van der Waals surface area contributed by atoms with Crippen molar-refractivity contribution in [2.24, 2.45) is 0 Å². The molecule has 0 fully saturated rings. The number of benzene rings is 2. The van der Waals surface area contributed by atoms with Crippen LogP contribution in [0.3, 0.4) is 0 Å². The van der Waals surface area contributed by atoms with Crippen LogP contribution in [0.25, 0.3) is 0 Å². The number of sulfone groups is 1. The molecule has 0 saturated heterocycles. The molecule has 1 aliphatic heterocycles. The molecule has 2 aromatic carbocycles. The minimum atomic E-state index is -3.48. The van der Waals surface area contributed by atoms with Gasteiger partial charge >= 0.3 is 0 Å². The molecule has 6 heteroatoms. The van der Waals surface area contributed by atoms with Crippen LogP contribution >= 0.6 is 11.6 Å². The SMILES string of the molecule is O=C(CCS(=O)(=O)c1ccc(Cl)cc1)N1CCc2ccccc2C1. The highest BCUT2D eigenvalue weighted by atomic mass is 35.5. The number of carbonyl (C=O) groups is 1. The van der Waals surface area contributed by atoms with Gasteiger partial charge in [0.05, 0.1) is 10.6 Å². The number of amides is 1. The summed E-state index contributed by atoms with van der Waals surface area (Å²) in [7, 11) is -3.48. The summed E-state index contributed by atoms with van der Waals surface area (Å²) in [6, 6.07) is 14.1. The zero-order valence-electron chi connectivity index (χ0n) is 13.1. The molecule has 0 aliphatic carbocycles. The summed E-state index contributed by atoms with van der Waals surface area (Å²) in [5, 5.41) is 0.483. The van der Waals surface area contributed by atoms with E-state index in [1.165, 1.54) is 29.8 Å².